The van der Waals surface area contributed by atoms with Crippen LogP contribution in [0, 0.1) is 0 Å². The minimum atomic E-state index is 0.710. The highest BCUT2D eigenvalue weighted by molar-refractivity contribution is 9.10. The number of rotatable bonds is 1. The summed E-state index contributed by atoms with van der Waals surface area (Å²) < 4.78 is 0.950. The maximum atomic E-state index is 4.37. The summed E-state index contributed by atoms with van der Waals surface area (Å²) in [5.41, 5.74) is 2.44. The van der Waals surface area contributed by atoms with Crippen molar-refractivity contribution in [2.24, 2.45) is 0 Å². The summed E-state index contributed by atoms with van der Waals surface area (Å²) >= 11 is 3.35. The average Bonchev–Trinajstić information content (AvgIpc) is 2.73. The Hall–Kier alpha value is -1.75. The number of aromatic amines is 1. The summed E-state index contributed by atoms with van der Waals surface area (Å²) in [4.78, 5) is 16.0. The van der Waals surface area contributed by atoms with Crippen molar-refractivity contribution in [3.05, 3.63) is 41.1 Å². The van der Waals surface area contributed by atoms with Gasteiger partial charge in [0.25, 0.3) is 0 Å². The molecule has 0 amide bonds. The lowest BCUT2D eigenvalue weighted by atomic mass is 10.3. The zero-order chi connectivity index (χ0) is 11.0. The average molecular weight is 275 g/mol. The van der Waals surface area contributed by atoms with E-state index in [0.29, 0.717) is 5.65 Å². The maximum Gasteiger partial charge on any atom is 0.178 e. The zero-order valence-electron chi connectivity index (χ0n) is 8.18. The first-order chi connectivity index (χ1) is 7.83. The van der Waals surface area contributed by atoms with Gasteiger partial charge in [0.1, 0.15) is 5.69 Å². The summed E-state index contributed by atoms with van der Waals surface area (Å²) in [7, 11) is 0. The number of imidazole rings is 1. The molecule has 1 N–H and O–H groups in total. The number of H-pyrrole nitrogens is 1. The fraction of sp³-hybridized carbons (Fsp3) is 0. The molecule has 3 aromatic heterocycles. The lowest BCUT2D eigenvalue weighted by Crippen LogP contribution is -1.84. The molecule has 0 radical (unpaired) electrons. The van der Waals surface area contributed by atoms with Gasteiger partial charge in [0.05, 0.1) is 5.52 Å². The van der Waals surface area contributed by atoms with Crippen molar-refractivity contribution in [3.8, 4) is 11.5 Å². The molecule has 3 heterocycles. The molecule has 3 aromatic rings. The Kier molecular flexibility index (Phi) is 2.18. The lowest BCUT2D eigenvalue weighted by molar-refractivity contribution is 1.22. The predicted molar refractivity (Wildman–Crippen MR) is 64.8 cm³/mol. The number of halogens is 1. The van der Waals surface area contributed by atoms with E-state index in [1.54, 1.807) is 12.4 Å². The first kappa shape index (κ1) is 9.47. The third kappa shape index (κ3) is 1.59. The molecule has 0 aliphatic carbocycles. The van der Waals surface area contributed by atoms with E-state index in [4.69, 9.17) is 0 Å². The number of nitrogens with one attached hydrogen (secondary N) is 1. The molecule has 0 aliphatic heterocycles. The van der Waals surface area contributed by atoms with Crippen LogP contribution in [0.3, 0.4) is 0 Å². The normalized spacial score (nSPS) is 10.8. The molecule has 0 aliphatic rings. The largest absolute Gasteiger partial charge is 0.335 e. The minimum Gasteiger partial charge on any atom is -0.335 e. The van der Waals surface area contributed by atoms with Gasteiger partial charge in [-0.25, -0.2) is 9.97 Å². The summed E-state index contributed by atoms with van der Waals surface area (Å²) in [6, 6.07) is 7.65. The number of pyridine rings is 2. The Bertz CT molecular complexity index is 597. The number of hydrogen-bond acceptors (Lipinski definition) is 3. The summed E-state index contributed by atoms with van der Waals surface area (Å²) in [5.74, 6) is 0.737. The Labute approximate surface area is 99.9 Å². The van der Waals surface area contributed by atoms with Crippen molar-refractivity contribution < 1.29 is 0 Å². The quantitative estimate of drug-likeness (QED) is 0.743. The Morgan fingerprint density at radius 3 is 2.81 bits per heavy atom. The molecular weight excluding hydrogens is 268 g/mol. The maximum absolute atomic E-state index is 4.37. The third-order valence-corrected chi connectivity index (χ3v) is 2.70. The minimum absolute atomic E-state index is 0.710. The van der Waals surface area contributed by atoms with Crippen molar-refractivity contribution in [3.63, 3.8) is 0 Å². The second-order valence-electron chi connectivity index (χ2n) is 3.32. The van der Waals surface area contributed by atoms with Gasteiger partial charge in [-0.3, -0.25) is 4.98 Å². The molecule has 0 spiro atoms. The number of aromatic nitrogens is 4. The van der Waals surface area contributed by atoms with Crippen LogP contribution in [0.2, 0.25) is 0 Å². The van der Waals surface area contributed by atoms with Crippen LogP contribution in [-0.4, -0.2) is 19.9 Å². The van der Waals surface area contributed by atoms with Crippen molar-refractivity contribution in [1.82, 2.24) is 19.9 Å². The van der Waals surface area contributed by atoms with Crippen LogP contribution in [0.15, 0.2) is 41.1 Å². The van der Waals surface area contributed by atoms with E-state index >= 15 is 0 Å². The molecule has 0 unspecified atom stereocenters. The third-order valence-electron chi connectivity index (χ3n) is 2.23. The second-order valence-corrected chi connectivity index (χ2v) is 4.24. The second kappa shape index (κ2) is 3.68. The first-order valence-electron chi connectivity index (χ1n) is 4.75. The molecule has 3 rings (SSSR count). The van der Waals surface area contributed by atoms with Crippen molar-refractivity contribution in [1.29, 1.82) is 0 Å². The Morgan fingerprint density at radius 2 is 2.06 bits per heavy atom. The van der Waals surface area contributed by atoms with Crippen LogP contribution >= 0.6 is 15.9 Å². The highest BCUT2D eigenvalue weighted by Crippen LogP contribution is 2.18. The smallest absolute Gasteiger partial charge is 0.178 e. The number of hydrogen-bond donors (Lipinski definition) is 1. The van der Waals surface area contributed by atoms with Gasteiger partial charge in [-0.05, 0) is 40.2 Å². The highest BCUT2D eigenvalue weighted by atomic mass is 79.9. The van der Waals surface area contributed by atoms with Crippen LogP contribution in [0.4, 0.5) is 0 Å². The van der Waals surface area contributed by atoms with E-state index in [-0.39, 0.29) is 0 Å². The molecule has 0 aromatic carbocycles. The van der Waals surface area contributed by atoms with Gasteiger partial charge in [0.2, 0.25) is 0 Å². The summed E-state index contributed by atoms with van der Waals surface area (Å²) in [5, 5.41) is 0. The number of nitrogens with zero attached hydrogens (tertiary/aromatic N) is 3. The van der Waals surface area contributed by atoms with Crippen LogP contribution in [0.5, 0.6) is 0 Å². The predicted octanol–water partition coefficient (Wildman–Crippen LogP) is 2.78. The van der Waals surface area contributed by atoms with E-state index in [9.17, 15) is 0 Å². The van der Waals surface area contributed by atoms with Gasteiger partial charge in [-0.15, -0.1) is 0 Å². The number of fused-ring (bicyclic) bond motifs is 1. The standard InChI is InChI=1S/C11H7BrN4/c12-7-3-4-8(14-6-7)11-15-9-2-1-5-13-10(9)16-11/h1-6H,(H,13,15,16). The molecule has 0 bridgehead atoms. The van der Waals surface area contributed by atoms with Crippen LogP contribution < -0.4 is 0 Å². The molecule has 0 saturated heterocycles. The van der Waals surface area contributed by atoms with E-state index in [1.165, 1.54) is 0 Å². The molecule has 16 heavy (non-hydrogen) atoms. The molecule has 5 heteroatoms. The van der Waals surface area contributed by atoms with E-state index in [0.717, 1.165) is 21.5 Å². The molecule has 0 fully saturated rings. The van der Waals surface area contributed by atoms with E-state index < -0.39 is 0 Å². The van der Waals surface area contributed by atoms with Gasteiger partial charge < -0.3 is 4.98 Å². The van der Waals surface area contributed by atoms with Crippen molar-refractivity contribution in [2.45, 2.75) is 0 Å². The Balaban J connectivity index is 2.15. The summed E-state index contributed by atoms with van der Waals surface area (Å²) in [6.45, 7) is 0. The monoisotopic (exact) mass is 274 g/mol. The van der Waals surface area contributed by atoms with Gasteiger partial charge in [0, 0.05) is 16.9 Å². The van der Waals surface area contributed by atoms with Crippen LogP contribution in [-0.2, 0) is 0 Å². The molecule has 4 nitrogen and oxygen atoms in total. The van der Waals surface area contributed by atoms with Crippen molar-refractivity contribution >= 4 is 27.1 Å². The molecule has 0 atom stereocenters. The SMILES string of the molecule is Brc1ccc(-c2nc3ncccc3[nH]2)nc1. The van der Waals surface area contributed by atoms with E-state index in [1.807, 2.05) is 24.3 Å². The topological polar surface area (TPSA) is 54.5 Å². The van der Waals surface area contributed by atoms with Gasteiger partial charge in [-0.1, -0.05) is 0 Å². The Morgan fingerprint density at radius 1 is 1.12 bits per heavy atom. The molecule has 0 saturated carbocycles. The fourth-order valence-electron chi connectivity index (χ4n) is 1.48. The molecule has 78 valence electrons. The van der Waals surface area contributed by atoms with Crippen molar-refractivity contribution in [2.75, 3.05) is 0 Å². The van der Waals surface area contributed by atoms with E-state index in [2.05, 4.69) is 35.9 Å². The zero-order valence-corrected chi connectivity index (χ0v) is 9.77. The first-order valence-corrected chi connectivity index (χ1v) is 5.55. The van der Waals surface area contributed by atoms with Crippen LogP contribution in [0.25, 0.3) is 22.7 Å². The lowest BCUT2D eigenvalue weighted by Gasteiger charge is -1.94. The van der Waals surface area contributed by atoms with Gasteiger partial charge in [0.15, 0.2) is 11.5 Å². The van der Waals surface area contributed by atoms with Gasteiger partial charge in [-0.2, -0.15) is 0 Å². The van der Waals surface area contributed by atoms with Gasteiger partial charge >= 0.3 is 0 Å². The fourth-order valence-corrected chi connectivity index (χ4v) is 1.72. The van der Waals surface area contributed by atoms with Crippen LogP contribution in [0.1, 0.15) is 0 Å². The molecular formula is C11H7BrN4. The highest BCUT2D eigenvalue weighted by Gasteiger charge is 2.06. The summed E-state index contributed by atoms with van der Waals surface area (Å²) in [6.07, 6.45) is 3.47.